The van der Waals surface area contributed by atoms with E-state index in [1.165, 1.54) is 22.5 Å². The van der Waals surface area contributed by atoms with E-state index in [9.17, 15) is 9.59 Å². The average Bonchev–Trinajstić information content (AvgIpc) is 2.81. The summed E-state index contributed by atoms with van der Waals surface area (Å²) in [5.74, 6) is 1.18. The summed E-state index contributed by atoms with van der Waals surface area (Å²) in [4.78, 5) is 23.7. The third-order valence-corrected chi connectivity index (χ3v) is 5.66. The number of hydrogen-bond acceptors (Lipinski definition) is 4. The average molecular weight is 358 g/mol. The predicted octanol–water partition coefficient (Wildman–Crippen LogP) is 3.78. The molecule has 0 aliphatic heterocycles. The van der Waals surface area contributed by atoms with Gasteiger partial charge in [0.1, 0.15) is 0 Å². The fraction of sp³-hybridized carbons (Fsp3) is 0.222. The van der Waals surface area contributed by atoms with Crippen LogP contribution in [0.15, 0.2) is 47.3 Å². The Kier molecular flexibility index (Phi) is 5.06. The van der Waals surface area contributed by atoms with Gasteiger partial charge in [-0.3, -0.25) is 9.59 Å². The Morgan fingerprint density at radius 1 is 1.25 bits per heavy atom. The molecule has 1 N–H and O–H groups in total. The highest BCUT2D eigenvalue weighted by Crippen LogP contribution is 2.21. The minimum atomic E-state index is -0.0321. The van der Waals surface area contributed by atoms with Crippen molar-refractivity contribution in [3.63, 3.8) is 0 Å². The van der Waals surface area contributed by atoms with Crippen molar-refractivity contribution in [3.05, 3.63) is 63.3 Å². The first-order valence-electron chi connectivity index (χ1n) is 7.55. The van der Waals surface area contributed by atoms with Crippen molar-refractivity contribution in [1.82, 2.24) is 4.57 Å². The van der Waals surface area contributed by atoms with Gasteiger partial charge in [-0.1, -0.05) is 41.2 Å². The van der Waals surface area contributed by atoms with Crippen molar-refractivity contribution in [1.29, 1.82) is 0 Å². The first-order chi connectivity index (χ1) is 11.5. The van der Waals surface area contributed by atoms with Crippen LogP contribution in [-0.4, -0.2) is 16.2 Å². The van der Waals surface area contributed by atoms with Crippen LogP contribution in [0.1, 0.15) is 11.1 Å². The minimum Gasteiger partial charge on any atom is -0.325 e. The number of rotatable bonds is 5. The molecular formula is C18H18N2O2S2. The lowest BCUT2D eigenvalue weighted by molar-refractivity contribution is -0.113. The molecule has 0 saturated heterocycles. The highest BCUT2D eigenvalue weighted by Gasteiger charge is 2.07. The number of fused-ring (bicyclic) bond motifs is 1. The van der Waals surface area contributed by atoms with Crippen molar-refractivity contribution in [2.45, 2.75) is 12.7 Å². The highest BCUT2D eigenvalue weighted by molar-refractivity contribution is 7.99. The Bertz CT molecular complexity index is 944. The molecule has 0 spiro atoms. The molecule has 2 aromatic carbocycles. The molecule has 0 radical (unpaired) electrons. The fourth-order valence-corrected chi connectivity index (χ4v) is 4.17. The zero-order valence-electron chi connectivity index (χ0n) is 13.5. The van der Waals surface area contributed by atoms with Gasteiger partial charge >= 0.3 is 4.87 Å². The third kappa shape index (κ3) is 3.88. The van der Waals surface area contributed by atoms with Crippen molar-refractivity contribution in [3.8, 4) is 0 Å². The number of thiazole rings is 1. The Balaban J connectivity index is 1.57. The molecule has 124 valence electrons. The first-order valence-corrected chi connectivity index (χ1v) is 9.53. The van der Waals surface area contributed by atoms with Crippen molar-refractivity contribution >= 4 is 44.9 Å². The predicted molar refractivity (Wildman–Crippen MR) is 103 cm³/mol. The summed E-state index contributed by atoms with van der Waals surface area (Å²) in [5, 5.41) is 2.90. The van der Waals surface area contributed by atoms with Crippen LogP contribution in [0.25, 0.3) is 10.2 Å². The molecule has 0 saturated carbocycles. The lowest BCUT2D eigenvalue weighted by atomic mass is 10.2. The van der Waals surface area contributed by atoms with Crippen molar-refractivity contribution < 1.29 is 4.79 Å². The highest BCUT2D eigenvalue weighted by atomic mass is 32.2. The summed E-state index contributed by atoms with van der Waals surface area (Å²) < 4.78 is 2.50. The van der Waals surface area contributed by atoms with E-state index >= 15 is 0 Å². The molecule has 6 heteroatoms. The number of nitrogens with zero attached hydrogens (tertiary/aromatic N) is 1. The minimum absolute atomic E-state index is 0.00202. The van der Waals surface area contributed by atoms with Crippen LogP contribution in [0.2, 0.25) is 0 Å². The summed E-state index contributed by atoms with van der Waals surface area (Å²) in [6.07, 6.45) is 0. The van der Waals surface area contributed by atoms with Crippen molar-refractivity contribution in [2.24, 2.45) is 7.05 Å². The van der Waals surface area contributed by atoms with Gasteiger partial charge in [-0.25, -0.2) is 0 Å². The van der Waals surface area contributed by atoms with E-state index in [0.29, 0.717) is 5.75 Å². The number of nitrogens with one attached hydrogen (secondary N) is 1. The van der Waals surface area contributed by atoms with Crippen LogP contribution in [0.4, 0.5) is 5.69 Å². The lowest BCUT2D eigenvalue weighted by Crippen LogP contribution is -2.14. The van der Waals surface area contributed by atoms with Gasteiger partial charge in [0.15, 0.2) is 0 Å². The van der Waals surface area contributed by atoms with Crippen LogP contribution in [-0.2, 0) is 17.6 Å². The smallest absolute Gasteiger partial charge is 0.307 e. The number of benzene rings is 2. The molecule has 0 aliphatic carbocycles. The SMILES string of the molecule is Cc1cccc(CSCC(=O)Nc2ccc3c(c2)sc(=O)n3C)c1. The first kappa shape index (κ1) is 16.8. The molecule has 3 aromatic rings. The molecule has 1 heterocycles. The number of thioether (sulfide) groups is 1. The molecule has 0 unspecified atom stereocenters. The number of aromatic nitrogens is 1. The summed E-state index contributed by atoms with van der Waals surface area (Å²) in [6, 6.07) is 13.9. The summed E-state index contributed by atoms with van der Waals surface area (Å²) >= 11 is 2.78. The van der Waals surface area contributed by atoms with Gasteiger partial charge in [-0.15, -0.1) is 11.8 Å². The monoisotopic (exact) mass is 358 g/mol. The molecule has 0 aliphatic rings. The van der Waals surface area contributed by atoms with E-state index in [0.717, 1.165) is 21.7 Å². The van der Waals surface area contributed by atoms with E-state index in [1.807, 2.05) is 24.3 Å². The summed E-state index contributed by atoms with van der Waals surface area (Å²) in [7, 11) is 1.75. The Hall–Kier alpha value is -2.05. The van der Waals surface area contributed by atoms with E-state index in [1.54, 1.807) is 23.4 Å². The van der Waals surface area contributed by atoms with Gasteiger partial charge in [0.05, 0.1) is 16.0 Å². The number of aryl methyl sites for hydroxylation is 2. The molecule has 1 amide bonds. The number of anilines is 1. The maximum atomic E-state index is 12.1. The van der Waals surface area contributed by atoms with Crippen LogP contribution in [0.5, 0.6) is 0 Å². The molecule has 4 nitrogen and oxygen atoms in total. The van der Waals surface area contributed by atoms with Crippen molar-refractivity contribution in [2.75, 3.05) is 11.1 Å². The normalized spacial score (nSPS) is 10.9. The number of amides is 1. The number of hydrogen-bond donors (Lipinski definition) is 1. The Labute approximate surface area is 148 Å². The lowest BCUT2D eigenvalue weighted by Gasteiger charge is -2.06. The largest absolute Gasteiger partial charge is 0.325 e. The van der Waals surface area contributed by atoms with Gasteiger partial charge in [-0.05, 0) is 30.7 Å². The second-order valence-corrected chi connectivity index (χ2v) is 7.62. The van der Waals surface area contributed by atoms with E-state index < -0.39 is 0 Å². The van der Waals surface area contributed by atoms with Crippen LogP contribution in [0.3, 0.4) is 0 Å². The van der Waals surface area contributed by atoms with Gasteiger partial charge in [-0.2, -0.15) is 0 Å². The molecule has 0 atom stereocenters. The third-order valence-electron chi connectivity index (χ3n) is 3.66. The molecule has 3 rings (SSSR count). The molecule has 1 aromatic heterocycles. The second-order valence-electron chi connectivity index (χ2n) is 5.64. The standard InChI is InChI=1S/C18H18N2O2S2/c1-12-4-3-5-13(8-12)10-23-11-17(21)19-14-6-7-15-16(9-14)24-18(22)20(15)2/h3-9H,10-11H2,1-2H3,(H,19,21). The topological polar surface area (TPSA) is 51.1 Å². The fourth-order valence-electron chi connectivity index (χ4n) is 2.47. The van der Waals surface area contributed by atoms with Crippen LogP contribution < -0.4 is 10.2 Å². The van der Waals surface area contributed by atoms with Crippen LogP contribution in [0, 0.1) is 6.92 Å². The van der Waals surface area contributed by atoms with Crippen LogP contribution >= 0.6 is 23.1 Å². The molecular weight excluding hydrogens is 340 g/mol. The summed E-state index contributed by atoms with van der Waals surface area (Å²) in [6.45, 7) is 2.06. The van der Waals surface area contributed by atoms with Gasteiger partial charge in [0, 0.05) is 18.5 Å². The second kappa shape index (κ2) is 7.23. The van der Waals surface area contributed by atoms with E-state index in [-0.39, 0.29) is 10.8 Å². The number of carbonyl (C=O) groups excluding carboxylic acids is 1. The molecule has 24 heavy (non-hydrogen) atoms. The zero-order chi connectivity index (χ0) is 17.1. The number of carbonyl (C=O) groups is 1. The zero-order valence-corrected chi connectivity index (χ0v) is 15.2. The summed E-state index contributed by atoms with van der Waals surface area (Å²) in [5.41, 5.74) is 4.07. The molecule has 0 bridgehead atoms. The maximum Gasteiger partial charge on any atom is 0.307 e. The van der Waals surface area contributed by atoms with Gasteiger partial charge in [0.2, 0.25) is 5.91 Å². The maximum absolute atomic E-state index is 12.1. The Morgan fingerprint density at radius 2 is 2.08 bits per heavy atom. The molecule has 0 fully saturated rings. The Morgan fingerprint density at radius 3 is 2.88 bits per heavy atom. The quantitative estimate of drug-likeness (QED) is 0.755. The van der Waals surface area contributed by atoms with E-state index in [4.69, 9.17) is 0 Å². The van der Waals surface area contributed by atoms with Gasteiger partial charge < -0.3 is 9.88 Å². The van der Waals surface area contributed by atoms with E-state index in [2.05, 4.69) is 30.4 Å². The van der Waals surface area contributed by atoms with Gasteiger partial charge in [0.25, 0.3) is 0 Å².